The number of aromatic nitrogens is 3. The number of carbonyl (C=O) groups excluding carboxylic acids is 1. The van der Waals surface area contributed by atoms with Crippen LogP contribution < -0.4 is 5.32 Å². The Kier molecular flexibility index (Phi) is 6.28. The highest BCUT2D eigenvalue weighted by Crippen LogP contribution is 2.28. The number of anilines is 1. The van der Waals surface area contributed by atoms with Gasteiger partial charge >= 0.3 is 0 Å². The molecule has 6 nitrogen and oxygen atoms in total. The Bertz CT molecular complexity index is 1480. The number of halogens is 2. The lowest BCUT2D eigenvalue weighted by Gasteiger charge is -2.10. The Balaban J connectivity index is 1.27. The minimum atomic E-state index is -0.707. The van der Waals surface area contributed by atoms with Gasteiger partial charge in [0.2, 0.25) is 0 Å². The first-order valence-corrected chi connectivity index (χ1v) is 10.9. The lowest BCUT2D eigenvalue weighted by atomic mass is 10.0. The molecule has 35 heavy (non-hydrogen) atoms. The molecule has 0 aliphatic carbocycles. The van der Waals surface area contributed by atoms with E-state index in [4.69, 9.17) is 4.74 Å². The fourth-order valence-electron chi connectivity index (χ4n) is 3.70. The third kappa shape index (κ3) is 5.07. The van der Waals surface area contributed by atoms with E-state index < -0.39 is 17.5 Å². The molecule has 0 atom stereocenters. The van der Waals surface area contributed by atoms with Gasteiger partial charge in [-0.2, -0.15) is 0 Å². The molecule has 0 radical (unpaired) electrons. The summed E-state index contributed by atoms with van der Waals surface area (Å²) in [5.74, 6) is -1.89. The Hall–Kier alpha value is -4.43. The minimum Gasteiger partial charge on any atom is -0.372 e. The maximum Gasteiger partial charge on any atom is 0.258 e. The van der Waals surface area contributed by atoms with Gasteiger partial charge in [-0.15, -0.1) is 5.10 Å². The van der Waals surface area contributed by atoms with Crippen molar-refractivity contribution in [2.24, 2.45) is 0 Å². The van der Waals surface area contributed by atoms with Crippen LogP contribution in [0.2, 0.25) is 0 Å². The van der Waals surface area contributed by atoms with Crippen LogP contribution in [0.3, 0.4) is 0 Å². The maximum absolute atomic E-state index is 14.6. The summed E-state index contributed by atoms with van der Waals surface area (Å²) in [6, 6.07) is 23.6. The average molecular weight is 470 g/mol. The SMILES string of the molecule is O=C(Nc1ccc(COCc2ccccc2)cc1)c1cc(-c2cc3[nH]nnc3cc2F)ccc1F. The second-order valence-electron chi connectivity index (χ2n) is 7.99. The highest BCUT2D eigenvalue weighted by molar-refractivity contribution is 6.05. The molecule has 0 aliphatic rings. The number of hydrogen-bond donors (Lipinski definition) is 2. The zero-order chi connectivity index (χ0) is 24.2. The second-order valence-corrected chi connectivity index (χ2v) is 7.99. The molecular formula is C27H20F2N4O2. The van der Waals surface area contributed by atoms with E-state index in [-0.39, 0.29) is 11.1 Å². The van der Waals surface area contributed by atoms with E-state index in [1.54, 1.807) is 12.1 Å². The predicted octanol–water partition coefficient (Wildman–Crippen LogP) is 5.87. The van der Waals surface area contributed by atoms with Crippen molar-refractivity contribution < 1.29 is 18.3 Å². The van der Waals surface area contributed by atoms with Crippen LogP contribution in [-0.2, 0) is 18.0 Å². The Morgan fingerprint density at radius 1 is 0.857 bits per heavy atom. The summed E-state index contributed by atoms with van der Waals surface area (Å²) < 4.78 is 34.8. The number of aromatic amines is 1. The van der Waals surface area contributed by atoms with Crippen LogP contribution in [0.4, 0.5) is 14.5 Å². The molecule has 4 aromatic carbocycles. The molecule has 5 aromatic rings. The summed E-state index contributed by atoms with van der Waals surface area (Å²) in [5, 5.41) is 12.8. The molecule has 8 heteroatoms. The van der Waals surface area contributed by atoms with Gasteiger partial charge in [-0.05, 0) is 47.0 Å². The monoisotopic (exact) mass is 470 g/mol. The van der Waals surface area contributed by atoms with E-state index in [2.05, 4.69) is 20.7 Å². The third-order valence-electron chi connectivity index (χ3n) is 5.53. The lowest BCUT2D eigenvalue weighted by molar-refractivity contribution is 0.102. The molecule has 2 N–H and O–H groups in total. The molecule has 0 unspecified atom stereocenters. The van der Waals surface area contributed by atoms with E-state index >= 15 is 0 Å². The molecule has 0 saturated heterocycles. The normalized spacial score (nSPS) is 11.0. The standard InChI is InChI=1S/C27H20F2N4O2/c28-23-11-8-19(21-13-25-26(14-24(21)29)32-33-31-25)12-22(23)27(34)30-20-9-6-18(7-10-20)16-35-15-17-4-2-1-3-5-17/h1-14H,15-16H2,(H,30,34)(H,31,32,33). The number of rotatable bonds is 7. The Labute approximate surface area is 199 Å². The van der Waals surface area contributed by atoms with Gasteiger partial charge in [-0.25, -0.2) is 8.78 Å². The summed E-state index contributed by atoms with van der Waals surface area (Å²) in [6.07, 6.45) is 0. The van der Waals surface area contributed by atoms with Crippen molar-refractivity contribution in [3.63, 3.8) is 0 Å². The summed E-state index contributed by atoms with van der Waals surface area (Å²) in [7, 11) is 0. The third-order valence-corrected chi connectivity index (χ3v) is 5.53. The number of hydrogen-bond acceptors (Lipinski definition) is 4. The highest BCUT2D eigenvalue weighted by atomic mass is 19.1. The van der Waals surface area contributed by atoms with Crippen LogP contribution in [0.5, 0.6) is 0 Å². The van der Waals surface area contributed by atoms with E-state index in [0.717, 1.165) is 17.2 Å². The van der Waals surface area contributed by atoms with Gasteiger partial charge in [-0.1, -0.05) is 53.7 Å². The van der Waals surface area contributed by atoms with Crippen LogP contribution in [0.15, 0.2) is 84.9 Å². The van der Waals surface area contributed by atoms with Crippen molar-refractivity contribution in [1.29, 1.82) is 0 Å². The van der Waals surface area contributed by atoms with Gasteiger partial charge in [0.1, 0.15) is 17.2 Å². The van der Waals surface area contributed by atoms with Crippen LogP contribution >= 0.6 is 0 Å². The van der Waals surface area contributed by atoms with Crippen LogP contribution in [0.1, 0.15) is 21.5 Å². The molecule has 0 saturated carbocycles. The molecule has 0 fully saturated rings. The highest BCUT2D eigenvalue weighted by Gasteiger charge is 2.16. The average Bonchev–Trinajstić information content (AvgIpc) is 3.33. The number of nitrogens with zero attached hydrogens (tertiary/aromatic N) is 2. The molecule has 174 valence electrons. The van der Waals surface area contributed by atoms with E-state index in [9.17, 15) is 13.6 Å². The number of fused-ring (bicyclic) bond motifs is 1. The summed E-state index contributed by atoms with van der Waals surface area (Å²) in [6.45, 7) is 0.918. The number of amides is 1. The first kappa shape index (κ1) is 22.4. The molecule has 0 bridgehead atoms. The molecule has 1 aromatic heterocycles. The molecule has 0 spiro atoms. The minimum absolute atomic E-state index is 0.194. The molecule has 5 rings (SSSR count). The van der Waals surface area contributed by atoms with Crippen molar-refractivity contribution in [3.8, 4) is 11.1 Å². The van der Waals surface area contributed by atoms with Crippen molar-refractivity contribution >= 4 is 22.6 Å². The molecule has 1 heterocycles. The second kappa shape index (κ2) is 9.82. The number of nitrogens with one attached hydrogen (secondary N) is 2. The zero-order valence-corrected chi connectivity index (χ0v) is 18.5. The Morgan fingerprint density at radius 2 is 1.60 bits per heavy atom. The fraction of sp³-hybridized carbons (Fsp3) is 0.0741. The topological polar surface area (TPSA) is 79.9 Å². The zero-order valence-electron chi connectivity index (χ0n) is 18.5. The van der Waals surface area contributed by atoms with E-state index in [1.807, 2.05) is 42.5 Å². The van der Waals surface area contributed by atoms with Crippen LogP contribution in [0.25, 0.3) is 22.2 Å². The maximum atomic E-state index is 14.6. The summed E-state index contributed by atoms with van der Waals surface area (Å²) in [5.41, 5.74) is 3.80. The van der Waals surface area contributed by atoms with Gasteiger partial charge in [0.05, 0.1) is 24.3 Å². The fourth-order valence-corrected chi connectivity index (χ4v) is 3.70. The summed E-state index contributed by atoms with van der Waals surface area (Å²) in [4.78, 5) is 12.8. The van der Waals surface area contributed by atoms with Gasteiger partial charge in [0.25, 0.3) is 5.91 Å². The number of benzene rings is 4. The quantitative estimate of drug-likeness (QED) is 0.312. The number of ether oxygens (including phenoxy) is 1. The van der Waals surface area contributed by atoms with Gasteiger partial charge in [0.15, 0.2) is 0 Å². The van der Waals surface area contributed by atoms with Crippen molar-refractivity contribution in [2.45, 2.75) is 13.2 Å². The van der Waals surface area contributed by atoms with Gasteiger partial charge in [0, 0.05) is 17.3 Å². The van der Waals surface area contributed by atoms with E-state index in [1.165, 1.54) is 24.3 Å². The Morgan fingerprint density at radius 3 is 2.37 bits per heavy atom. The number of carbonyl (C=O) groups is 1. The van der Waals surface area contributed by atoms with Gasteiger partial charge in [-0.3, -0.25) is 9.89 Å². The van der Waals surface area contributed by atoms with Crippen LogP contribution in [0, 0.1) is 11.6 Å². The van der Waals surface area contributed by atoms with Crippen molar-refractivity contribution in [2.75, 3.05) is 5.32 Å². The smallest absolute Gasteiger partial charge is 0.258 e. The van der Waals surface area contributed by atoms with Crippen LogP contribution in [-0.4, -0.2) is 21.3 Å². The largest absolute Gasteiger partial charge is 0.372 e. The first-order valence-electron chi connectivity index (χ1n) is 10.9. The van der Waals surface area contributed by atoms with Crippen molar-refractivity contribution in [3.05, 3.63) is 113 Å². The molecule has 1 amide bonds. The summed E-state index contributed by atoms with van der Waals surface area (Å²) >= 11 is 0. The predicted molar refractivity (Wildman–Crippen MR) is 129 cm³/mol. The molecular weight excluding hydrogens is 450 g/mol. The van der Waals surface area contributed by atoms with Gasteiger partial charge < -0.3 is 10.1 Å². The van der Waals surface area contributed by atoms with E-state index in [0.29, 0.717) is 35.5 Å². The first-order chi connectivity index (χ1) is 17.1. The molecule has 0 aliphatic heterocycles. The number of H-pyrrole nitrogens is 1. The van der Waals surface area contributed by atoms with Crippen molar-refractivity contribution in [1.82, 2.24) is 15.4 Å². The lowest BCUT2D eigenvalue weighted by Crippen LogP contribution is -2.14.